The van der Waals surface area contributed by atoms with E-state index in [0.29, 0.717) is 17.3 Å². The quantitative estimate of drug-likeness (QED) is 0.711. The Labute approximate surface area is 154 Å². The first-order valence-corrected chi connectivity index (χ1v) is 9.12. The second kappa shape index (κ2) is 8.52. The molecule has 1 saturated carbocycles. The maximum Gasteiger partial charge on any atom is 0.319 e. The fourth-order valence-corrected chi connectivity index (χ4v) is 2.73. The van der Waals surface area contributed by atoms with Crippen molar-refractivity contribution in [2.75, 3.05) is 5.32 Å². The van der Waals surface area contributed by atoms with E-state index in [4.69, 9.17) is 0 Å². The summed E-state index contributed by atoms with van der Waals surface area (Å²) in [6, 6.07) is 17.3. The molecule has 1 unspecified atom stereocenters. The van der Waals surface area contributed by atoms with E-state index >= 15 is 0 Å². The molecule has 1 aliphatic carbocycles. The highest BCUT2D eigenvalue weighted by atomic mass is 16.2. The third kappa shape index (κ3) is 5.62. The molecule has 0 radical (unpaired) electrons. The molecule has 3 N–H and O–H groups in total. The second-order valence-electron chi connectivity index (χ2n) is 6.85. The number of benzene rings is 2. The van der Waals surface area contributed by atoms with Crippen molar-refractivity contribution in [1.82, 2.24) is 10.6 Å². The number of urea groups is 1. The Hall–Kier alpha value is -2.82. The minimum atomic E-state index is -0.259. The van der Waals surface area contributed by atoms with Crippen LogP contribution in [0.3, 0.4) is 0 Å². The summed E-state index contributed by atoms with van der Waals surface area (Å²) < 4.78 is 0. The van der Waals surface area contributed by atoms with Crippen LogP contribution < -0.4 is 16.0 Å². The van der Waals surface area contributed by atoms with Gasteiger partial charge in [0.1, 0.15) is 0 Å². The van der Waals surface area contributed by atoms with Gasteiger partial charge in [-0.05, 0) is 56.4 Å². The van der Waals surface area contributed by atoms with Crippen LogP contribution in [0.2, 0.25) is 0 Å². The van der Waals surface area contributed by atoms with E-state index < -0.39 is 0 Å². The highest BCUT2D eigenvalue weighted by Crippen LogP contribution is 2.20. The summed E-state index contributed by atoms with van der Waals surface area (Å²) in [5.74, 6) is -0.0900. The van der Waals surface area contributed by atoms with Crippen molar-refractivity contribution in [2.45, 2.75) is 44.7 Å². The van der Waals surface area contributed by atoms with Gasteiger partial charge in [0.15, 0.2) is 0 Å². The normalized spacial score (nSPS) is 14.3. The molecule has 1 fully saturated rings. The molecule has 0 aliphatic heterocycles. The van der Waals surface area contributed by atoms with Crippen LogP contribution in [0, 0.1) is 0 Å². The van der Waals surface area contributed by atoms with Gasteiger partial charge in [0, 0.05) is 23.3 Å². The topological polar surface area (TPSA) is 70.2 Å². The predicted molar refractivity (Wildman–Crippen MR) is 103 cm³/mol. The molecule has 0 spiro atoms. The van der Waals surface area contributed by atoms with Crippen molar-refractivity contribution >= 4 is 17.6 Å². The van der Waals surface area contributed by atoms with E-state index in [-0.39, 0.29) is 18.0 Å². The van der Waals surface area contributed by atoms with Gasteiger partial charge in [-0.2, -0.15) is 0 Å². The molecule has 1 atom stereocenters. The molecular formula is C21H25N3O2. The molecule has 136 valence electrons. The highest BCUT2D eigenvalue weighted by molar-refractivity contribution is 5.97. The van der Waals surface area contributed by atoms with Crippen molar-refractivity contribution in [3.8, 4) is 0 Å². The summed E-state index contributed by atoms with van der Waals surface area (Å²) in [7, 11) is 0. The van der Waals surface area contributed by atoms with Crippen LogP contribution in [0.5, 0.6) is 0 Å². The van der Waals surface area contributed by atoms with E-state index in [1.165, 1.54) is 5.56 Å². The zero-order chi connectivity index (χ0) is 18.4. The largest absolute Gasteiger partial charge is 0.349 e. The van der Waals surface area contributed by atoms with E-state index in [2.05, 4.69) is 28.1 Å². The monoisotopic (exact) mass is 351 g/mol. The Morgan fingerprint density at radius 2 is 1.85 bits per heavy atom. The van der Waals surface area contributed by atoms with Crippen LogP contribution in [-0.4, -0.2) is 24.0 Å². The molecule has 0 aromatic heterocycles. The summed E-state index contributed by atoms with van der Waals surface area (Å²) in [5.41, 5.74) is 2.43. The molecule has 2 aromatic carbocycles. The van der Waals surface area contributed by atoms with Crippen LogP contribution in [0.1, 0.15) is 42.1 Å². The first-order chi connectivity index (χ1) is 12.6. The number of nitrogens with one attached hydrogen (secondary N) is 3. The molecule has 2 aromatic rings. The van der Waals surface area contributed by atoms with Gasteiger partial charge in [-0.25, -0.2) is 4.79 Å². The third-order valence-electron chi connectivity index (χ3n) is 4.38. The van der Waals surface area contributed by atoms with Crippen LogP contribution >= 0.6 is 0 Å². The van der Waals surface area contributed by atoms with Crippen molar-refractivity contribution in [3.63, 3.8) is 0 Å². The van der Waals surface area contributed by atoms with Gasteiger partial charge in [0.05, 0.1) is 0 Å². The zero-order valence-electron chi connectivity index (χ0n) is 15.0. The molecule has 5 nitrogen and oxygen atoms in total. The third-order valence-corrected chi connectivity index (χ3v) is 4.38. The molecule has 26 heavy (non-hydrogen) atoms. The van der Waals surface area contributed by atoms with Crippen LogP contribution in [0.15, 0.2) is 54.6 Å². The van der Waals surface area contributed by atoms with E-state index in [1.54, 1.807) is 24.3 Å². The average molecular weight is 351 g/mol. The van der Waals surface area contributed by atoms with Gasteiger partial charge < -0.3 is 16.0 Å². The fourth-order valence-electron chi connectivity index (χ4n) is 2.73. The van der Waals surface area contributed by atoms with E-state index in [9.17, 15) is 9.59 Å². The van der Waals surface area contributed by atoms with E-state index in [0.717, 1.165) is 25.7 Å². The molecule has 0 saturated heterocycles. The second-order valence-corrected chi connectivity index (χ2v) is 6.85. The Kier molecular flexibility index (Phi) is 5.89. The number of anilines is 1. The lowest BCUT2D eigenvalue weighted by molar-refractivity contribution is 0.0951. The van der Waals surface area contributed by atoms with Crippen molar-refractivity contribution in [2.24, 2.45) is 0 Å². The van der Waals surface area contributed by atoms with Crippen LogP contribution in [-0.2, 0) is 6.42 Å². The number of hydrogen-bond acceptors (Lipinski definition) is 2. The van der Waals surface area contributed by atoms with Gasteiger partial charge in [0.25, 0.3) is 5.91 Å². The number of carbonyl (C=O) groups is 2. The van der Waals surface area contributed by atoms with Crippen molar-refractivity contribution < 1.29 is 9.59 Å². The minimum absolute atomic E-state index is 0.0524. The van der Waals surface area contributed by atoms with E-state index in [1.807, 2.05) is 25.1 Å². The summed E-state index contributed by atoms with van der Waals surface area (Å²) in [5, 5.41) is 8.69. The van der Waals surface area contributed by atoms with Gasteiger partial charge in [-0.15, -0.1) is 0 Å². The van der Waals surface area contributed by atoms with Gasteiger partial charge in [0.2, 0.25) is 0 Å². The molecule has 1 aliphatic rings. The van der Waals surface area contributed by atoms with Gasteiger partial charge in [-0.1, -0.05) is 36.4 Å². The zero-order valence-corrected chi connectivity index (χ0v) is 15.0. The molecule has 3 rings (SSSR count). The number of aryl methyl sites for hydroxylation is 1. The minimum Gasteiger partial charge on any atom is -0.349 e. The summed E-state index contributed by atoms with van der Waals surface area (Å²) in [6.07, 6.45) is 3.88. The average Bonchev–Trinajstić information content (AvgIpc) is 3.45. The van der Waals surface area contributed by atoms with Crippen molar-refractivity contribution in [3.05, 3.63) is 65.7 Å². The maximum absolute atomic E-state index is 12.2. The number of carbonyl (C=O) groups excluding carboxylic acids is 2. The predicted octanol–water partition coefficient (Wildman–Crippen LogP) is 3.72. The summed E-state index contributed by atoms with van der Waals surface area (Å²) in [6.45, 7) is 1.99. The number of rotatable bonds is 7. The Bertz CT molecular complexity index is 757. The Morgan fingerprint density at radius 3 is 2.58 bits per heavy atom. The van der Waals surface area contributed by atoms with Crippen LogP contribution in [0.4, 0.5) is 10.5 Å². The SMILES string of the molecule is CC(CCc1ccccc1)NC(=O)Nc1cccc(C(=O)NC2CC2)c1. The lowest BCUT2D eigenvalue weighted by atomic mass is 10.1. The lowest BCUT2D eigenvalue weighted by Crippen LogP contribution is -2.36. The molecule has 5 heteroatoms. The number of amides is 3. The van der Waals surface area contributed by atoms with Crippen molar-refractivity contribution in [1.29, 1.82) is 0 Å². The summed E-state index contributed by atoms with van der Waals surface area (Å²) in [4.78, 5) is 24.3. The lowest BCUT2D eigenvalue weighted by Gasteiger charge is -2.15. The molecule has 0 heterocycles. The smallest absolute Gasteiger partial charge is 0.319 e. The van der Waals surface area contributed by atoms with Gasteiger partial charge >= 0.3 is 6.03 Å². The molecule has 0 bridgehead atoms. The highest BCUT2D eigenvalue weighted by Gasteiger charge is 2.23. The molecular weight excluding hydrogens is 326 g/mol. The fraction of sp³-hybridized carbons (Fsp3) is 0.333. The first-order valence-electron chi connectivity index (χ1n) is 9.12. The first kappa shape index (κ1) is 18.0. The maximum atomic E-state index is 12.2. The standard InChI is InChI=1S/C21H25N3O2/c1-15(10-11-16-6-3-2-4-7-16)22-21(26)24-19-9-5-8-17(14-19)20(25)23-18-12-13-18/h2-9,14-15,18H,10-13H2,1H3,(H,23,25)(H2,22,24,26). The molecule has 3 amide bonds. The summed E-state index contributed by atoms with van der Waals surface area (Å²) >= 11 is 0. The van der Waals surface area contributed by atoms with Crippen LogP contribution in [0.25, 0.3) is 0 Å². The van der Waals surface area contributed by atoms with Gasteiger partial charge in [-0.3, -0.25) is 4.79 Å². The Balaban J connectivity index is 1.47. The number of hydrogen-bond donors (Lipinski definition) is 3. The Morgan fingerprint density at radius 1 is 1.08 bits per heavy atom.